The van der Waals surface area contributed by atoms with Crippen LogP contribution in [0.2, 0.25) is 0 Å². The monoisotopic (exact) mass is 464 g/mol. The minimum atomic E-state index is -2.31. The second kappa shape index (κ2) is 9.63. The van der Waals surface area contributed by atoms with E-state index in [9.17, 15) is 30.0 Å². The Hall–Kier alpha value is -3.38. The highest BCUT2D eigenvalue weighted by Gasteiger charge is 2.32. The molecule has 0 atom stereocenters. The van der Waals surface area contributed by atoms with Crippen molar-refractivity contribution in [2.24, 2.45) is 5.41 Å². The van der Waals surface area contributed by atoms with Crippen molar-refractivity contribution >= 4 is 11.9 Å². The number of hydrogen-bond acceptors (Lipinski definition) is 11. The molecule has 0 saturated carbocycles. The van der Waals surface area contributed by atoms with Crippen LogP contribution in [-0.2, 0) is 20.9 Å². The lowest BCUT2D eigenvalue weighted by Crippen LogP contribution is -2.32. The van der Waals surface area contributed by atoms with Gasteiger partial charge in [0.05, 0.1) is 18.1 Å². The highest BCUT2D eigenvalue weighted by molar-refractivity contribution is 5.94. The summed E-state index contributed by atoms with van der Waals surface area (Å²) in [5.41, 5.74) is 0.861. The van der Waals surface area contributed by atoms with Crippen LogP contribution in [0, 0.1) is 5.41 Å². The fraction of sp³-hybridized carbons (Fsp3) is 0.364. The van der Waals surface area contributed by atoms with Crippen molar-refractivity contribution in [1.82, 2.24) is 0 Å². The number of hydrogen-bond donors (Lipinski definition) is 4. The molecule has 0 bridgehead atoms. The van der Waals surface area contributed by atoms with Crippen LogP contribution in [0.1, 0.15) is 29.8 Å². The topological polar surface area (TPSA) is 161 Å². The zero-order valence-corrected chi connectivity index (χ0v) is 18.1. The lowest BCUT2D eigenvalue weighted by atomic mass is 9.95. The summed E-state index contributed by atoms with van der Waals surface area (Å²) in [4.78, 5) is 23.9. The molecule has 2 aromatic carbocycles. The number of carbonyl (C=O) groups is 2. The number of esters is 2. The van der Waals surface area contributed by atoms with E-state index >= 15 is 0 Å². The SMILES string of the molecule is COC(=O)C(C)(C)COc1c(-c2ccc3c(c2)COC3=O)ccc(OC(O)O)c1OC(O)O. The van der Waals surface area contributed by atoms with E-state index in [-0.39, 0.29) is 30.5 Å². The van der Waals surface area contributed by atoms with Crippen LogP contribution in [-0.4, -0.2) is 59.0 Å². The van der Waals surface area contributed by atoms with Crippen molar-refractivity contribution in [1.29, 1.82) is 0 Å². The van der Waals surface area contributed by atoms with Gasteiger partial charge in [-0.2, -0.15) is 0 Å². The molecule has 0 radical (unpaired) electrons. The van der Waals surface area contributed by atoms with Gasteiger partial charge in [0.1, 0.15) is 13.2 Å². The number of carbonyl (C=O) groups excluding carboxylic acids is 2. The molecule has 1 aliphatic rings. The average Bonchev–Trinajstić information content (AvgIpc) is 3.12. The molecule has 178 valence electrons. The van der Waals surface area contributed by atoms with E-state index in [1.165, 1.54) is 19.2 Å². The van der Waals surface area contributed by atoms with Gasteiger partial charge in [0.25, 0.3) is 0 Å². The van der Waals surface area contributed by atoms with Crippen LogP contribution in [0.15, 0.2) is 30.3 Å². The number of methoxy groups -OCH3 is 1. The molecule has 11 heteroatoms. The van der Waals surface area contributed by atoms with Gasteiger partial charge in [-0.1, -0.05) is 6.07 Å². The molecule has 0 unspecified atom stereocenters. The Kier molecular flexibility index (Phi) is 7.08. The first-order chi connectivity index (χ1) is 15.5. The van der Waals surface area contributed by atoms with Gasteiger partial charge in [-0.3, -0.25) is 4.79 Å². The Bertz CT molecular complexity index is 1040. The van der Waals surface area contributed by atoms with Crippen molar-refractivity contribution in [2.75, 3.05) is 13.7 Å². The number of cyclic esters (lactones) is 1. The van der Waals surface area contributed by atoms with Crippen LogP contribution in [0.4, 0.5) is 0 Å². The number of aliphatic hydroxyl groups is 4. The summed E-state index contributed by atoms with van der Waals surface area (Å²) in [6.07, 6.45) is 0. The summed E-state index contributed by atoms with van der Waals surface area (Å²) < 4.78 is 25.6. The maximum absolute atomic E-state index is 12.1. The third kappa shape index (κ3) is 5.34. The van der Waals surface area contributed by atoms with E-state index in [2.05, 4.69) is 0 Å². The minimum Gasteiger partial charge on any atom is -0.488 e. The standard InChI is InChI=1S/C22H24O11/c1-22(2,19(24)29-3)10-31-16-13(11-4-5-14-12(8-11)9-30-18(14)23)6-7-15(32-20(25)26)17(16)33-21(27)28/h4-8,20-21,25-28H,9-10H2,1-3H3. The van der Waals surface area contributed by atoms with Crippen LogP contribution < -0.4 is 14.2 Å². The first kappa shape index (κ1) is 24.3. The zero-order chi connectivity index (χ0) is 24.3. The fourth-order valence-corrected chi connectivity index (χ4v) is 3.23. The Morgan fingerprint density at radius 2 is 1.70 bits per heavy atom. The fourth-order valence-electron chi connectivity index (χ4n) is 3.23. The number of rotatable bonds is 9. The van der Waals surface area contributed by atoms with Gasteiger partial charge in [0.15, 0.2) is 11.5 Å². The first-order valence-corrected chi connectivity index (χ1v) is 9.77. The van der Waals surface area contributed by atoms with Crippen LogP contribution >= 0.6 is 0 Å². The van der Waals surface area contributed by atoms with E-state index in [4.69, 9.17) is 23.7 Å². The maximum atomic E-state index is 12.1. The molecule has 0 aliphatic carbocycles. The lowest BCUT2D eigenvalue weighted by Gasteiger charge is -2.25. The summed E-state index contributed by atoms with van der Waals surface area (Å²) in [6, 6.07) is 7.70. The second-order valence-electron chi connectivity index (χ2n) is 7.77. The van der Waals surface area contributed by atoms with Gasteiger partial charge in [-0.15, -0.1) is 0 Å². The van der Waals surface area contributed by atoms with Gasteiger partial charge >= 0.3 is 24.9 Å². The summed E-state index contributed by atoms with van der Waals surface area (Å²) in [7, 11) is 1.23. The van der Waals surface area contributed by atoms with Gasteiger partial charge in [0.2, 0.25) is 5.75 Å². The Morgan fingerprint density at radius 1 is 1.03 bits per heavy atom. The summed E-state index contributed by atoms with van der Waals surface area (Å²) in [6.45, 7) is -1.52. The van der Waals surface area contributed by atoms with Gasteiger partial charge in [-0.25, -0.2) is 4.79 Å². The van der Waals surface area contributed by atoms with E-state index < -0.39 is 30.3 Å². The Labute approximate surface area is 188 Å². The van der Waals surface area contributed by atoms with Crippen molar-refractivity contribution in [2.45, 2.75) is 33.4 Å². The molecule has 0 saturated heterocycles. The maximum Gasteiger partial charge on any atom is 0.338 e. The molecule has 11 nitrogen and oxygen atoms in total. The van der Waals surface area contributed by atoms with E-state index in [1.54, 1.807) is 32.0 Å². The quantitative estimate of drug-likeness (QED) is 0.308. The van der Waals surface area contributed by atoms with Crippen LogP contribution in [0.25, 0.3) is 11.1 Å². The first-order valence-electron chi connectivity index (χ1n) is 9.77. The van der Waals surface area contributed by atoms with Crippen molar-refractivity contribution in [3.8, 4) is 28.4 Å². The van der Waals surface area contributed by atoms with Gasteiger partial charge < -0.3 is 44.1 Å². The molecule has 0 fully saturated rings. The normalized spacial score (nSPS) is 13.1. The summed E-state index contributed by atoms with van der Waals surface area (Å²) in [5, 5.41) is 37.3. The van der Waals surface area contributed by atoms with E-state index in [1.807, 2.05) is 0 Å². The molecule has 33 heavy (non-hydrogen) atoms. The smallest absolute Gasteiger partial charge is 0.338 e. The summed E-state index contributed by atoms with van der Waals surface area (Å²) in [5.74, 6) is -1.71. The molecule has 4 N–H and O–H groups in total. The summed E-state index contributed by atoms with van der Waals surface area (Å²) >= 11 is 0. The highest BCUT2D eigenvalue weighted by atomic mass is 16.8. The highest BCUT2D eigenvalue weighted by Crippen LogP contribution is 2.46. The Balaban J connectivity index is 2.13. The second-order valence-corrected chi connectivity index (χ2v) is 7.77. The van der Waals surface area contributed by atoms with Crippen molar-refractivity contribution in [3.63, 3.8) is 0 Å². The molecule has 3 rings (SSSR count). The number of aliphatic hydroxyl groups excluding tert-OH is 2. The molecule has 0 amide bonds. The molecular weight excluding hydrogens is 440 g/mol. The number of fused-ring (bicyclic) bond motifs is 1. The Morgan fingerprint density at radius 3 is 2.33 bits per heavy atom. The largest absolute Gasteiger partial charge is 0.488 e. The van der Waals surface area contributed by atoms with Crippen LogP contribution in [0.3, 0.4) is 0 Å². The van der Waals surface area contributed by atoms with Crippen molar-refractivity contribution < 1.29 is 53.7 Å². The average molecular weight is 464 g/mol. The van der Waals surface area contributed by atoms with E-state index in [0.29, 0.717) is 22.3 Å². The molecule has 1 aliphatic heterocycles. The number of ether oxygens (including phenoxy) is 5. The third-order valence-electron chi connectivity index (χ3n) is 4.84. The molecule has 2 aromatic rings. The molecule has 0 aromatic heterocycles. The lowest BCUT2D eigenvalue weighted by molar-refractivity contribution is -0.193. The number of benzene rings is 2. The van der Waals surface area contributed by atoms with Gasteiger partial charge in [-0.05, 0) is 43.7 Å². The zero-order valence-electron chi connectivity index (χ0n) is 18.1. The molecular formula is C22H24O11. The predicted octanol–water partition coefficient (Wildman–Crippen LogP) is 0.896. The predicted molar refractivity (Wildman–Crippen MR) is 110 cm³/mol. The molecule has 1 heterocycles. The van der Waals surface area contributed by atoms with Crippen LogP contribution in [0.5, 0.6) is 17.2 Å². The molecule has 0 spiro atoms. The van der Waals surface area contributed by atoms with Crippen molar-refractivity contribution in [3.05, 3.63) is 41.5 Å². The third-order valence-corrected chi connectivity index (χ3v) is 4.84. The van der Waals surface area contributed by atoms with E-state index in [0.717, 1.165) is 0 Å². The van der Waals surface area contributed by atoms with Gasteiger partial charge in [0, 0.05) is 11.1 Å². The minimum absolute atomic E-state index is 0.0802.